The maximum absolute atomic E-state index is 12.9. The third kappa shape index (κ3) is 4.06. The molecule has 90 valence electrons. The predicted octanol–water partition coefficient (Wildman–Crippen LogP) is 3.04. The molecule has 0 radical (unpaired) electrons. The van der Waals surface area contributed by atoms with E-state index in [4.69, 9.17) is 0 Å². The quantitative estimate of drug-likeness (QED) is 0.545. The van der Waals surface area contributed by atoms with Crippen molar-refractivity contribution in [2.24, 2.45) is 4.40 Å². The summed E-state index contributed by atoms with van der Waals surface area (Å²) in [4.78, 5) is 0. The summed E-state index contributed by atoms with van der Waals surface area (Å²) < 4.78 is 40.7. The predicted molar refractivity (Wildman–Crippen MR) is 63.2 cm³/mol. The van der Waals surface area contributed by atoms with Gasteiger partial charge in [-0.05, 0) is 38.5 Å². The third-order valence-corrected chi connectivity index (χ3v) is 3.28. The number of alkyl halides is 1. The Bertz CT molecular complexity index is 344. The van der Waals surface area contributed by atoms with Crippen molar-refractivity contribution in [2.45, 2.75) is 38.1 Å². The Balaban J connectivity index is 2.68. The number of hydrogen-bond donors (Lipinski definition) is 0. The molecule has 0 aromatic carbocycles. The van der Waals surface area contributed by atoms with Gasteiger partial charge in [-0.15, -0.1) is 0 Å². The first-order chi connectivity index (χ1) is 7.29. The maximum atomic E-state index is 12.9. The number of nitrogens with zero attached hydrogens (tertiary/aromatic N) is 1. The molecule has 0 bridgehead atoms. The summed E-state index contributed by atoms with van der Waals surface area (Å²) >= 11 is -1.40. The van der Waals surface area contributed by atoms with Crippen LogP contribution in [0.3, 0.4) is 0 Å². The van der Waals surface area contributed by atoms with Crippen molar-refractivity contribution in [2.75, 3.05) is 0 Å². The third-order valence-electron chi connectivity index (χ3n) is 1.93. The van der Waals surface area contributed by atoms with Gasteiger partial charge in [0.25, 0.3) is 0 Å². The van der Waals surface area contributed by atoms with E-state index in [2.05, 4.69) is 4.40 Å². The molecular weight excluding hydrogens is 232 g/mol. The molecule has 1 aliphatic rings. The fourth-order valence-corrected chi connectivity index (χ4v) is 1.65. The highest BCUT2D eigenvalue weighted by Gasteiger charge is 2.26. The van der Waals surface area contributed by atoms with E-state index in [1.165, 1.54) is 12.3 Å². The lowest BCUT2D eigenvalue weighted by Gasteiger charge is -2.18. The van der Waals surface area contributed by atoms with Gasteiger partial charge in [0.15, 0.2) is 0 Å². The molecule has 2 nitrogen and oxygen atoms in total. The molecule has 0 amide bonds. The van der Waals surface area contributed by atoms with Crippen LogP contribution in [0.1, 0.15) is 27.2 Å². The topological polar surface area (TPSA) is 35.4 Å². The van der Waals surface area contributed by atoms with Gasteiger partial charge in [-0.2, -0.15) is 0 Å². The van der Waals surface area contributed by atoms with Gasteiger partial charge in [0.05, 0.1) is 6.21 Å². The second kappa shape index (κ2) is 5.10. The molecule has 2 unspecified atom stereocenters. The Morgan fingerprint density at radius 1 is 1.56 bits per heavy atom. The standard InChI is InChI=1S/C11H15F2NOS/c1-11(2,3)16(15)14-7-8-4-9(12)6-10(13)5-8/h4,6-7,10H,5H2,1-3H3. The second-order valence-electron chi connectivity index (χ2n) is 4.59. The smallest absolute Gasteiger partial charge is 0.144 e. The van der Waals surface area contributed by atoms with Crippen molar-refractivity contribution in [1.29, 1.82) is 0 Å². The Morgan fingerprint density at radius 3 is 2.69 bits per heavy atom. The average Bonchev–Trinajstić information content (AvgIpc) is 2.11. The summed E-state index contributed by atoms with van der Waals surface area (Å²) in [5.74, 6) is -0.609. The van der Waals surface area contributed by atoms with E-state index in [0.717, 1.165) is 6.08 Å². The second-order valence-corrected chi connectivity index (χ2v) is 6.52. The first-order valence-electron chi connectivity index (χ1n) is 4.97. The first kappa shape index (κ1) is 13.4. The minimum atomic E-state index is -1.40. The number of allylic oxidation sites excluding steroid dienone is 4. The van der Waals surface area contributed by atoms with E-state index >= 15 is 0 Å². The Hall–Kier alpha value is -0.680. The Kier molecular flexibility index (Phi) is 4.27. The van der Waals surface area contributed by atoms with Crippen LogP contribution >= 0.6 is 0 Å². The number of rotatable bonds is 2. The summed E-state index contributed by atoms with van der Waals surface area (Å²) in [5.41, 5.74) is 0.421. The molecule has 0 spiro atoms. The fraction of sp³-hybridized carbons (Fsp3) is 0.545. The Labute approximate surface area is 97.5 Å². The summed E-state index contributed by atoms with van der Waals surface area (Å²) in [7, 11) is 0. The maximum Gasteiger partial charge on any atom is 0.144 e. The molecule has 5 heteroatoms. The minimum absolute atomic E-state index is 0.0816. The summed E-state index contributed by atoms with van der Waals surface area (Å²) in [6.07, 6.45) is 2.17. The molecule has 0 saturated carbocycles. The Morgan fingerprint density at radius 2 is 2.19 bits per heavy atom. The molecule has 0 saturated heterocycles. The first-order valence-corrected chi connectivity index (χ1v) is 6.08. The molecule has 1 rings (SSSR count). The van der Waals surface area contributed by atoms with Crippen LogP contribution in [0, 0.1) is 0 Å². The number of halogens is 2. The summed E-state index contributed by atoms with van der Waals surface area (Å²) in [5, 5.41) is 0. The van der Waals surface area contributed by atoms with Crippen molar-refractivity contribution < 1.29 is 13.3 Å². The SMILES string of the molecule is CC(C)(C)[S+]([O-])N=CC1=CC(F)=CC(F)C1. The molecule has 1 aliphatic carbocycles. The van der Waals surface area contributed by atoms with Gasteiger partial charge in [-0.1, -0.05) is 4.40 Å². The van der Waals surface area contributed by atoms with Crippen LogP contribution in [-0.4, -0.2) is 21.7 Å². The molecule has 16 heavy (non-hydrogen) atoms. The zero-order valence-electron chi connectivity index (χ0n) is 9.54. The van der Waals surface area contributed by atoms with E-state index in [-0.39, 0.29) is 6.42 Å². The lowest BCUT2D eigenvalue weighted by molar-refractivity contribution is 0.389. The van der Waals surface area contributed by atoms with Gasteiger partial charge in [-0.25, -0.2) is 8.78 Å². The highest BCUT2D eigenvalue weighted by Crippen LogP contribution is 2.21. The van der Waals surface area contributed by atoms with E-state index in [0.29, 0.717) is 5.57 Å². The van der Waals surface area contributed by atoms with Crippen LogP contribution < -0.4 is 0 Å². The minimum Gasteiger partial charge on any atom is -0.591 e. The van der Waals surface area contributed by atoms with Crippen LogP contribution in [0.2, 0.25) is 0 Å². The lowest BCUT2D eigenvalue weighted by Crippen LogP contribution is -2.26. The average molecular weight is 247 g/mol. The van der Waals surface area contributed by atoms with Crippen molar-refractivity contribution in [3.63, 3.8) is 0 Å². The summed E-state index contributed by atoms with van der Waals surface area (Å²) in [6.45, 7) is 5.36. The molecule has 0 fully saturated rings. The normalized spacial score (nSPS) is 24.2. The van der Waals surface area contributed by atoms with Gasteiger partial charge in [0.2, 0.25) is 0 Å². The highest BCUT2D eigenvalue weighted by atomic mass is 32.2. The van der Waals surface area contributed by atoms with Gasteiger partial charge in [-0.3, -0.25) is 0 Å². The van der Waals surface area contributed by atoms with Gasteiger partial charge in [0, 0.05) is 6.42 Å². The number of hydrogen-bond acceptors (Lipinski definition) is 2. The molecule has 0 N–H and O–H groups in total. The van der Waals surface area contributed by atoms with Crippen LogP contribution in [0.4, 0.5) is 8.78 Å². The van der Waals surface area contributed by atoms with Gasteiger partial charge >= 0.3 is 0 Å². The monoisotopic (exact) mass is 247 g/mol. The van der Waals surface area contributed by atoms with Crippen molar-refractivity contribution in [3.05, 3.63) is 23.6 Å². The van der Waals surface area contributed by atoms with Crippen LogP contribution in [-0.2, 0) is 11.4 Å². The van der Waals surface area contributed by atoms with Crippen molar-refractivity contribution in [3.8, 4) is 0 Å². The van der Waals surface area contributed by atoms with E-state index in [1.807, 2.05) is 0 Å². The van der Waals surface area contributed by atoms with Gasteiger partial charge in [0.1, 0.15) is 28.1 Å². The van der Waals surface area contributed by atoms with E-state index in [1.54, 1.807) is 20.8 Å². The van der Waals surface area contributed by atoms with Crippen LogP contribution in [0.5, 0.6) is 0 Å². The van der Waals surface area contributed by atoms with Crippen LogP contribution in [0.15, 0.2) is 27.9 Å². The van der Waals surface area contributed by atoms with Crippen LogP contribution in [0.25, 0.3) is 0 Å². The molecule has 2 atom stereocenters. The van der Waals surface area contributed by atoms with E-state index < -0.39 is 28.1 Å². The van der Waals surface area contributed by atoms with E-state index in [9.17, 15) is 13.3 Å². The van der Waals surface area contributed by atoms with Crippen molar-refractivity contribution in [1.82, 2.24) is 0 Å². The fourth-order valence-electron chi connectivity index (χ4n) is 1.10. The zero-order chi connectivity index (χ0) is 12.3. The summed E-state index contributed by atoms with van der Waals surface area (Å²) in [6, 6.07) is 0. The molecule has 0 heterocycles. The zero-order valence-corrected chi connectivity index (χ0v) is 10.4. The van der Waals surface area contributed by atoms with Crippen molar-refractivity contribution >= 4 is 17.6 Å². The molecule has 0 aromatic heterocycles. The lowest BCUT2D eigenvalue weighted by atomic mass is 10.0. The molecule has 0 aliphatic heterocycles. The molecule has 0 aromatic rings. The van der Waals surface area contributed by atoms with Gasteiger partial charge < -0.3 is 4.55 Å². The largest absolute Gasteiger partial charge is 0.591 e. The highest BCUT2D eigenvalue weighted by molar-refractivity contribution is 7.91. The molecular formula is C11H15F2NOS.